The molecule has 0 aliphatic heterocycles. The van der Waals surface area contributed by atoms with Gasteiger partial charge in [-0.05, 0) is 68.7 Å². The molecule has 3 rings (SSSR count). The first kappa shape index (κ1) is 21.6. The van der Waals surface area contributed by atoms with Crippen molar-refractivity contribution >= 4 is 21.6 Å². The molecule has 0 aliphatic carbocycles. The van der Waals surface area contributed by atoms with Crippen molar-refractivity contribution in [1.29, 1.82) is 0 Å². The molecular formula is C24H26N2O3S. The van der Waals surface area contributed by atoms with Crippen LogP contribution < -0.4 is 10.0 Å². The van der Waals surface area contributed by atoms with Crippen LogP contribution in [0, 0.1) is 20.8 Å². The van der Waals surface area contributed by atoms with Crippen LogP contribution in [0.2, 0.25) is 0 Å². The second-order valence-electron chi connectivity index (χ2n) is 7.50. The summed E-state index contributed by atoms with van der Waals surface area (Å²) >= 11 is 0. The molecule has 0 radical (unpaired) electrons. The molecule has 2 N–H and O–H groups in total. The number of hydrogen-bond donors (Lipinski definition) is 2. The van der Waals surface area contributed by atoms with E-state index in [-0.39, 0.29) is 16.8 Å². The maximum absolute atomic E-state index is 12.8. The molecule has 0 fully saturated rings. The lowest BCUT2D eigenvalue weighted by Crippen LogP contribution is -2.27. The average Bonchev–Trinajstić information content (AvgIpc) is 2.71. The van der Waals surface area contributed by atoms with E-state index in [1.54, 1.807) is 24.3 Å². The SMILES string of the molecule is Cc1ccc(C)c(C(C)NC(=O)c2cccc(S(=O)(=O)Nc3ccccc3C)c2)c1. The first-order chi connectivity index (χ1) is 14.2. The maximum atomic E-state index is 12.8. The second-order valence-corrected chi connectivity index (χ2v) is 9.19. The molecule has 30 heavy (non-hydrogen) atoms. The summed E-state index contributed by atoms with van der Waals surface area (Å²) in [4.78, 5) is 12.8. The second kappa shape index (κ2) is 8.71. The summed E-state index contributed by atoms with van der Waals surface area (Å²) in [6, 6.07) is 19.1. The van der Waals surface area contributed by atoms with Crippen molar-refractivity contribution in [2.75, 3.05) is 4.72 Å². The van der Waals surface area contributed by atoms with E-state index in [9.17, 15) is 13.2 Å². The summed E-state index contributed by atoms with van der Waals surface area (Å²) in [5.41, 5.74) is 4.86. The van der Waals surface area contributed by atoms with Crippen molar-refractivity contribution in [2.45, 2.75) is 38.6 Å². The Morgan fingerprint density at radius 3 is 2.33 bits per heavy atom. The van der Waals surface area contributed by atoms with Gasteiger partial charge in [0.05, 0.1) is 16.6 Å². The number of hydrogen-bond acceptors (Lipinski definition) is 3. The summed E-state index contributed by atoms with van der Waals surface area (Å²) in [6.07, 6.45) is 0. The number of anilines is 1. The standard InChI is InChI=1S/C24H26N2O3S/c1-16-12-13-17(2)22(14-16)19(4)25-24(27)20-9-7-10-21(15-20)30(28,29)26-23-11-6-5-8-18(23)3/h5-15,19,26H,1-4H3,(H,25,27). The summed E-state index contributed by atoms with van der Waals surface area (Å²) < 4.78 is 28.2. The Hall–Kier alpha value is -3.12. The highest BCUT2D eigenvalue weighted by Crippen LogP contribution is 2.22. The Kier molecular flexibility index (Phi) is 6.27. The number of benzene rings is 3. The summed E-state index contributed by atoms with van der Waals surface area (Å²) in [5, 5.41) is 2.96. The van der Waals surface area contributed by atoms with Crippen molar-refractivity contribution in [3.8, 4) is 0 Å². The lowest BCUT2D eigenvalue weighted by Gasteiger charge is -2.18. The van der Waals surface area contributed by atoms with Crippen molar-refractivity contribution < 1.29 is 13.2 Å². The molecule has 0 aliphatic rings. The fraction of sp³-hybridized carbons (Fsp3) is 0.208. The first-order valence-electron chi connectivity index (χ1n) is 9.74. The van der Waals surface area contributed by atoms with Crippen LogP contribution in [0.25, 0.3) is 0 Å². The van der Waals surface area contributed by atoms with Crippen LogP contribution in [-0.2, 0) is 10.0 Å². The predicted molar refractivity (Wildman–Crippen MR) is 120 cm³/mol. The van der Waals surface area contributed by atoms with Crippen molar-refractivity contribution in [3.05, 3.63) is 94.5 Å². The van der Waals surface area contributed by atoms with Gasteiger partial charge in [0.2, 0.25) is 0 Å². The third-order valence-electron chi connectivity index (χ3n) is 5.04. The number of nitrogens with one attached hydrogen (secondary N) is 2. The van der Waals surface area contributed by atoms with Gasteiger partial charge in [0.15, 0.2) is 0 Å². The van der Waals surface area contributed by atoms with Crippen LogP contribution in [0.5, 0.6) is 0 Å². The normalized spacial score (nSPS) is 12.3. The Balaban J connectivity index is 1.81. The van der Waals surface area contributed by atoms with E-state index in [1.807, 2.05) is 58.0 Å². The molecule has 0 saturated carbocycles. The lowest BCUT2D eigenvalue weighted by molar-refractivity contribution is 0.0939. The van der Waals surface area contributed by atoms with Crippen LogP contribution in [0.3, 0.4) is 0 Å². The molecule has 1 atom stereocenters. The molecule has 5 nitrogen and oxygen atoms in total. The largest absolute Gasteiger partial charge is 0.346 e. The number of carbonyl (C=O) groups excluding carboxylic acids is 1. The van der Waals surface area contributed by atoms with Gasteiger partial charge in [-0.25, -0.2) is 8.42 Å². The third-order valence-corrected chi connectivity index (χ3v) is 6.41. The van der Waals surface area contributed by atoms with Crippen molar-refractivity contribution in [3.63, 3.8) is 0 Å². The molecule has 0 bridgehead atoms. The average molecular weight is 423 g/mol. The zero-order valence-corrected chi connectivity index (χ0v) is 18.4. The van der Waals surface area contributed by atoms with E-state index in [0.29, 0.717) is 11.3 Å². The van der Waals surface area contributed by atoms with Gasteiger partial charge in [0.1, 0.15) is 0 Å². The van der Waals surface area contributed by atoms with Gasteiger partial charge in [-0.2, -0.15) is 0 Å². The maximum Gasteiger partial charge on any atom is 0.261 e. The number of sulfonamides is 1. The summed E-state index contributed by atoms with van der Waals surface area (Å²) in [6.45, 7) is 7.76. The lowest BCUT2D eigenvalue weighted by atomic mass is 10.00. The Morgan fingerprint density at radius 2 is 1.60 bits per heavy atom. The molecular weight excluding hydrogens is 396 g/mol. The van der Waals surface area contributed by atoms with E-state index in [2.05, 4.69) is 10.0 Å². The van der Waals surface area contributed by atoms with Crippen LogP contribution >= 0.6 is 0 Å². The molecule has 0 heterocycles. The summed E-state index contributed by atoms with van der Waals surface area (Å²) in [7, 11) is -3.81. The molecule has 3 aromatic rings. The first-order valence-corrected chi connectivity index (χ1v) is 11.2. The highest BCUT2D eigenvalue weighted by atomic mass is 32.2. The van der Waals surface area contributed by atoms with Crippen LogP contribution in [0.15, 0.2) is 71.6 Å². The van der Waals surface area contributed by atoms with Crippen LogP contribution in [-0.4, -0.2) is 14.3 Å². The smallest absolute Gasteiger partial charge is 0.261 e. The number of para-hydroxylation sites is 1. The highest BCUT2D eigenvalue weighted by molar-refractivity contribution is 7.92. The topological polar surface area (TPSA) is 75.3 Å². The molecule has 0 spiro atoms. The van der Waals surface area contributed by atoms with E-state index in [4.69, 9.17) is 0 Å². The Bertz CT molecular complexity index is 1190. The molecule has 1 amide bonds. The van der Waals surface area contributed by atoms with E-state index in [1.165, 1.54) is 12.1 Å². The molecule has 0 saturated heterocycles. The van der Waals surface area contributed by atoms with Gasteiger partial charge in [-0.1, -0.05) is 48.0 Å². The monoisotopic (exact) mass is 422 g/mol. The Morgan fingerprint density at radius 1 is 0.867 bits per heavy atom. The van der Waals surface area contributed by atoms with Crippen molar-refractivity contribution in [1.82, 2.24) is 5.32 Å². The zero-order chi connectivity index (χ0) is 21.9. The number of carbonyl (C=O) groups is 1. The van der Waals surface area contributed by atoms with Gasteiger partial charge in [-0.15, -0.1) is 0 Å². The van der Waals surface area contributed by atoms with Gasteiger partial charge in [-0.3, -0.25) is 9.52 Å². The van der Waals surface area contributed by atoms with Gasteiger partial charge in [0, 0.05) is 5.56 Å². The zero-order valence-electron chi connectivity index (χ0n) is 17.6. The summed E-state index contributed by atoms with van der Waals surface area (Å²) in [5.74, 6) is -0.323. The fourth-order valence-electron chi connectivity index (χ4n) is 3.28. The molecule has 6 heteroatoms. The van der Waals surface area contributed by atoms with Gasteiger partial charge in [0.25, 0.3) is 15.9 Å². The highest BCUT2D eigenvalue weighted by Gasteiger charge is 2.19. The fourth-order valence-corrected chi connectivity index (χ4v) is 4.46. The minimum Gasteiger partial charge on any atom is -0.346 e. The van der Waals surface area contributed by atoms with E-state index in [0.717, 1.165) is 22.3 Å². The quantitative estimate of drug-likeness (QED) is 0.593. The molecule has 156 valence electrons. The molecule has 3 aromatic carbocycles. The van der Waals surface area contributed by atoms with E-state index >= 15 is 0 Å². The number of rotatable bonds is 6. The minimum atomic E-state index is -3.81. The minimum absolute atomic E-state index is 0.0396. The van der Waals surface area contributed by atoms with Gasteiger partial charge >= 0.3 is 0 Å². The molecule has 0 aromatic heterocycles. The number of amides is 1. The molecule has 1 unspecified atom stereocenters. The predicted octanol–water partition coefficient (Wildman–Crippen LogP) is 4.90. The number of aryl methyl sites for hydroxylation is 3. The Labute approximate surface area is 178 Å². The van der Waals surface area contributed by atoms with Crippen LogP contribution in [0.4, 0.5) is 5.69 Å². The van der Waals surface area contributed by atoms with Crippen molar-refractivity contribution in [2.24, 2.45) is 0 Å². The van der Waals surface area contributed by atoms with Gasteiger partial charge < -0.3 is 5.32 Å². The van der Waals surface area contributed by atoms with Crippen LogP contribution in [0.1, 0.15) is 45.6 Å². The third kappa shape index (κ3) is 4.89. The van der Waals surface area contributed by atoms with E-state index < -0.39 is 10.0 Å².